The molecule has 0 bridgehead atoms. The number of aromatic nitrogens is 1. The molecule has 1 aromatic heterocycles. The summed E-state index contributed by atoms with van der Waals surface area (Å²) in [6.07, 6.45) is 2.13. The number of carboxylic acid groups (broad SMARTS) is 1. The Hall–Kier alpha value is -2.80. The second-order valence-corrected chi connectivity index (χ2v) is 6.53. The molecule has 0 radical (unpaired) electrons. The number of fused-ring (bicyclic) bond motifs is 1. The van der Waals surface area contributed by atoms with E-state index in [0.29, 0.717) is 6.42 Å². The third-order valence-corrected chi connectivity index (χ3v) is 4.73. The monoisotopic (exact) mass is 375 g/mol. The maximum Gasteiger partial charge on any atom is 0.387 e. The van der Waals surface area contributed by atoms with E-state index in [-0.39, 0.29) is 12.2 Å². The van der Waals surface area contributed by atoms with Crippen molar-refractivity contribution in [2.75, 3.05) is 0 Å². The molecule has 0 spiro atoms. The van der Waals surface area contributed by atoms with Crippen molar-refractivity contribution in [3.63, 3.8) is 0 Å². The summed E-state index contributed by atoms with van der Waals surface area (Å²) in [6, 6.07) is 13.9. The summed E-state index contributed by atoms with van der Waals surface area (Å²) < 4.78 is 29.8. The van der Waals surface area contributed by atoms with Crippen molar-refractivity contribution in [3.8, 4) is 5.75 Å². The normalized spacial score (nSPS) is 11.9. The Balaban J connectivity index is 1.92. The third-order valence-electron chi connectivity index (χ3n) is 3.62. The van der Waals surface area contributed by atoms with Gasteiger partial charge in [0.05, 0.1) is 10.2 Å². The zero-order valence-corrected chi connectivity index (χ0v) is 14.4. The van der Waals surface area contributed by atoms with Crippen molar-refractivity contribution in [1.29, 1.82) is 0 Å². The van der Waals surface area contributed by atoms with Gasteiger partial charge in [-0.05, 0) is 47.9 Å². The first kappa shape index (κ1) is 18.0. The maximum atomic E-state index is 12.2. The van der Waals surface area contributed by atoms with E-state index in [2.05, 4.69) is 9.72 Å². The highest BCUT2D eigenvalue weighted by Crippen LogP contribution is 2.31. The Morgan fingerprint density at radius 1 is 1.15 bits per heavy atom. The third kappa shape index (κ3) is 4.64. The highest BCUT2D eigenvalue weighted by molar-refractivity contribution is 7.19. The molecule has 1 N–H and O–H groups in total. The number of hydrogen-bond acceptors (Lipinski definition) is 4. The molecule has 7 heteroatoms. The molecule has 0 unspecified atom stereocenters. The molecular formula is C19H15F2NO3S. The SMILES string of the molecule is O=C(O)CC/C(=C\c1ccc(OC(F)F)cc1)c1nc2ccccc2s1. The smallest absolute Gasteiger partial charge is 0.387 e. The van der Waals surface area contributed by atoms with Gasteiger partial charge in [0.2, 0.25) is 0 Å². The highest BCUT2D eigenvalue weighted by atomic mass is 32.1. The summed E-state index contributed by atoms with van der Waals surface area (Å²) in [5.41, 5.74) is 2.40. The number of carboxylic acids is 1. The first-order valence-electron chi connectivity index (χ1n) is 7.84. The molecule has 3 rings (SSSR count). The van der Waals surface area contributed by atoms with Crippen LogP contribution in [0.3, 0.4) is 0 Å². The number of para-hydroxylation sites is 1. The summed E-state index contributed by atoms with van der Waals surface area (Å²) in [5.74, 6) is -0.818. The van der Waals surface area contributed by atoms with Crippen LogP contribution in [0.15, 0.2) is 48.5 Å². The zero-order valence-electron chi connectivity index (χ0n) is 13.6. The number of thiazole rings is 1. The van der Waals surface area contributed by atoms with Crippen molar-refractivity contribution in [3.05, 3.63) is 59.1 Å². The number of rotatable bonds is 7. The molecule has 1 heterocycles. The van der Waals surface area contributed by atoms with E-state index in [1.807, 2.05) is 30.3 Å². The summed E-state index contributed by atoms with van der Waals surface area (Å²) in [7, 11) is 0. The predicted molar refractivity (Wildman–Crippen MR) is 97.4 cm³/mol. The van der Waals surface area contributed by atoms with E-state index in [1.165, 1.54) is 23.5 Å². The second kappa shape index (κ2) is 8.05. The second-order valence-electron chi connectivity index (χ2n) is 5.50. The molecular weight excluding hydrogens is 360 g/mol. The molecule has 2 aromatic carbocycles. The minimum Gasteiger partial charge on any atom is -0.481 e. The van der Waals surface area contributed by atoms with Crippen molar-refractivity contribution in [2.24, 2.45) is 0 Å². The number of ether oxygens (including phenoxy) is 1. The fraction of sp³-hybridized carbons (Fsp3) is 0.158. The minimum absolute atomic E-state index is 0.0195. The van der Waals surface area contributed by atoms with Crippen LogP contribution in [0, 0.1) is 0 Å². The quantitative estimate of drug-likeness (QED) is 0.608. The summed E-state index contributed by atoms with van der Waals surface area (Å²) in [6.45, 7) is -2.87. The Morgan fingerprint density at radius 3 is 2.54 bits per heavy atom. The van der Waals surface area contributed by atoms with E-state index in [9.17, 15) is 13.6 Å². The highest BCUT2D eigenvalue weighted by Gasteiger charge is 2.11. The van der Waals surface area contributed by atoms with Gasteiger partial charge in [-0.1, -0.05) is 24.3 Å². The molecule has 134 valence electrons. The molecule has 0 aliphatic carbocycles. The maximum absolute atomic E-state index is 12.2. The van der Waals surface area contributed by atoms with Crippen LogP contribution in [0.25, 0.3) is 21.9 Å². The van der Waals surface area contributed by atoms with Gasteiger partial charge in [0.15, 0.2) is 0 Å². The number of alkyl halides is 2. The van der Waals surface area contributed by atoms with Crippen molar-refractivity contribution < 1.29 is 23.4 Å². The lowest BCUT2D eigenvalue weighted by atomic mass is 10.1. The Labute approximate surface area is 152 Å². The van der Waals surface area contributed by atoms with Crippen LogP contribution < -0.4 is 4.74 Å². The molecule has 0 fully saturated rings. The Bertz CT molecular complexity index is 902. The first-order chi connectivity index (χ1) is 12.5. The van der Waals surface area contributed by atoms with Gasteiger partial charge in [-0.25, -0.2) is 4.98 Å². The molecule has 0 saturated carbocycles. The lowest BCUT2D eigenvalue weighted by molar-refractivity contribution is -0.136. The molecule has 0 aliphatic heterocycles. The average Bonchev–Trinajstić information content (AvgIpc) is 3.03. The lowest BCUT2D eigenvalue weighted by Gasteiger charge is -2.06. The van der Waals surface area contributed by atoms with Gasteiger partial charge in [0.1, 0.15) is 10.8 Å². The number of allylic oxidation sites excluding steroid dienone is 1. The van der Waals surface area contributed by atoms with Crippen molar-refractivity contribution in [1.82, 2.24) is 4.98 Å². The van der Waals surface area contributed by atoms with Gasteiger partial charge < -0.3 is 9.84 Å². The van der Waals surface area contributed by atoms with Crippen LogP contribution in [0.4, 0.5) is 8.78 Å². The Kier molecular flexibility index (Phi) is 5.58. The molecule has 0 saturated heterocycles. The van der Waals surface area contributed by atoms with Crippen LogP contribution in [0.1, 0.15) is 23.4 Å². The van der Waals surface area contributed by atoms with E-state index in [4.69, 9.17) is 5.11 Å². The molecule has 0 amide bonds. The van der Waals surface area contributed by atoms with Crippen LogP contribution in [-0.2, 0) is 4.79 Å². The number of aliphatic carboxylic acids is 1. The molecule has 0 aliphatic rings. The Morgan fingerprint density at radius 2 is 1.88 bits per heavy atom. The average molecular weight is 375 g/mol. The van der Waals surface area contributed by atoms with E-state index in [0.717, 1.165) is 26.4 Å². The summed E-state index contributed by atoms with van der Waals surface area (Å²) in [5, 5.41) is 9.75. The van der Waals surface area contributed by atoms with Gasteiger partial charge >= 0.3 is 12.6 Å². The van der Waals surface area contributed by atoms with E-state index < -0.39 is 12.6 Å². The van der Waals surface area contributed by atoms with Gasteiger partial charge in [-0.3, -0.25) is 4.79 Å². The number of hydrogen-bond donors (Lipinski definition) is 1. The number of halogens is 2. The van der Waals surface area contributed by atoms with Gasteiger partial charge in [-0.2, -0.15) is 8.78 Å². The number of benzene rings is 2. The number of carbonyl (C=O) groups is 1. The fourth-order valence-electron chi connectivity index (χ4n) is 2.44. The largest absolute Gasteiger partial charge is 0.481 e. The molecule has 4 nitrogen and oxygen atoms in total. The van der Waals surface area contributed by atoms with Gasteiger partial charge in [-0.15, -0.1) is 11.3 Å². The van der Waals surface area contributed by atoms with Crippen LogP contribution in [0.2, 0.25) is 0 Å². The van der Waals surface area contributed by atoms with E-state index >= 15 is 0 Å². The van der Waals surface area contributed by atoms with Gasteiger partial charge in [0.25, 0.3) is 0 Å². The summed E-state index contributed by atoms with van der Waals surface area (Å²) >= 11 is 1.49. The zero-order chi connectivity index (χ0) is 18.5. The topological polar surface area (TPSA) is 59.4 Å². The predicted octanol–water partition coefficient (Wildman–Crippen LogP) is 5.30. The number of nitrogens with zero attached hydrogens (tertiary/aromatic N) is 1. The molecule has 3 aromatic rings. The van der Waals surface area contributed by atoms with Crippen LogP contribution in [-0.4, -0.2) is 22.7 Å². The standard InChI is InChI=1S/C19H15F2NO3S/c20-19(21)25-14-8-5-12(6-9-14)11-13(7-10-17(23)24)18-22-15-3-1-2-4-16(15)26-18/h1-6,8-9,11,19H,7,10H2,(H,23,24)/b13-11+. The fourth-order valence-corrected chi connectivity index (χ4v) is 3.45. The van der Waals surface area contributed by atoms with Crippen molar-refractivity contribution >= 4 is 39.2 Å². The van der Waals surface area contributed by atoms with Crippen molar-refractivity contribution in [2.45, 2.75) is 19.5 Å². The minimum atomic E-state index is -2.87. The molecule has 26 heavy (non-hydrogen) atoms. The summed E-state index contributed by atoms with van der Waals surface area (Å²) in [4.78, 5) is 15.6. The first-order valence-corrected chi connectivity index (χ1v) is 8.66. The molecule has 0 atom stereocenters. The van der Waals surface area contributed by atoms with Crippen LogP contribution in [0.5, 0.6) is 5.75 Å². The van der Waals surface area contributed by atoms with E-state index in [1.54, 1.807) is 12.1 Å². The van der Waals surface area contributed by atoms with Gasteiger partial charge in [0, 0.05) is 6.42 Å². The lowest BCUT2D eigenvalue weighted by Crippen LogP contribution is -2.01. The van der Waals surface area contributed by atoms with Crippen LogP contribution >= 0.6 is 11.3 Å².